The fourth-order valence-electron chi connectivity index (χ4n) is 2.15. The van der Waals surface area contributed by atoms with Gasteiger partial charge in [-0.3, -0.25) is 4.79 Å². The number of hydrogen-bond acceptors (Lipinski definition) is 4. The van der Waals surface area contributed by atoms with Crippen molar-refractivity contribution in [3.05, 3.63) is 52.4 Å². The van der Waals surface area contributed by atoms with Gasteiger partial charge in [0.2, 0.25) is 0 Å². The number of halogens is 3. The van der Waals surface area contributed by atoms with Crippen molar-refractivity contribution in [1.29, 1.82) is 0 Å². The molecule has 1 amide bonds. The van der Waals surface area contributed by atoms with Gasteiger partial charge in [-0.2, -0.15) is 8.78 Å². The molecule has 1 heterocycles. The van der Waals surface area contributed by atoms with Gasteiger partial charge in [0.1, 0.15) is 16.4 Å². The fourth-order valence-corrected chi connectivity index (χ4v) is 3.61. The molecule has 24 heavy (non-hydrogen) atoms. The van der Waals surface area contributed by atoms with Gasteiger partial charge in [-0.25, -0.2) is 0 Å². The maximum Gasteiger partial charge on any atom is 0.387 e. The maximum absolute atomic E-state index is 12.5. The number of aromatic hydroxyl groups is 1. The van der Waals surface area contributed by atoms with Gasteiger partial charge in [-0.15, -0.1) is 11.3 Å². The lowest BCUT2D eigenvalue weighted by atomic mass is 10.2. The van der Waals surface area contributed by atoms with Crippen molar-refractivity contribution in [3.8, 4) is 11.5 Å². The van der Waals surface area contributed by atoms with Crippen LogP contribution in [0.2, 0.25) is 5.02 Å². The molecule has 2 aromatic carbocycles. The lowest BCUT2D eigenvalue weighted by molar-refractivity contribution is -0.0487. The number of carbonyl (C=O) groups excluding carboxylic acids is 1. The Morgan fingerprint density at radius 2 is 1.92 bits per heavy atom. The van der Waals surface area contributed by atoms with E-state index in [1.54, 1.807) is 12.1 Å². The first kappa shape index (κ1) is 16.5. The van der Waals surface area contributed by atoms with Crippen molar-refractivity contribution in [2.75, 3.05) is 5.32 Å². The zero-order valence-electron chi connectivity index (χ0n) is 11.9. The summed E-state index contributed by atoms with van der Waals surface area (Å²) in [5.41, 5.74) is 0.468. The molecule has 0 radical (unpaired) electrons. The number of fused-ring (bicyclic) bond motifs is 1. The highest BCUT2D eigenvalue weighted by molar-refractivity contribution is 7.21. The predicted octanol–water partition coefficient (Wildman–Crippen LogP) is 5.11. The molecule has 0 aliphatic rings. The van der Waals surface area contributed by atoms with E-state index >= 15 is 0 Å². The minimum absolute atomic E-state index is 0.0579. The number of alkyl halides is 2. The molecule has 0 atom stereocenters. The lowest BCUT2D eigenvalue weighted by Gasteiger charge is -2.06. The van der Waals surface area contributed by atoms with E-state index in [1.165, 1.54) is 30.3 Å². The van der Waals surface area contributed by atoms with Crippen LogP contribution in [0, 0.1) is 0 Å². The summed E-state index contributed by atoms with van der Waals surface area (Å²) in [4.78, 5) is 12.6. The molecule has 0 aliphatic heterocycles. The Labute approximate surface area is 144 Å². The number of nitrogens with one attached hydrogen (secondary N) is 1. The van der Waals surface area contributed by atoms with Crippen LogP contribution in [0.3, 0.4) is 0 Å². The molecule has 0 saturated carbocycles. The number of carbonyl (C=O) groups is 1. The maximum atomic E-state index is 12.5. The number of phenolic OH excluding ortho intramolecular Hbond substituents is 1. The van der Waals surface area contributed by atoms with Crippen molar-refractivity contribution in [2.24, 2.45) is 0 Å². The highest BCUT2D eigenvalue weighted by atomic mass is 35.5. The molecule has 0 aliphatic carbocycles. The molecular formula is C16H10ClF2NO3S. The summed E-state index contributed by atoms with van der Waals surface area (Å²) < 4.78 is 30.0. The van der Waals surface area contributed by atoms with Crippen LogP contribution in [0.4, 0.5) is 14.5 Å². The number of benzene rings is 2. The van der Waals surface area contributed by atoms with Gasteiger partial charge < -0.3 is 15.2 Å². The standard InChI is InChI=1S/C16H10ClF2NO3S/c17-13-12-10(23-16(18)19)2-1-3-11(12)24-14(13)15(22)20-8-4-6-9(21)7-5-8/h1-7,16,21H,(H,20,22). The molecule has 8 heteroatoms. The smallest absolute Gasteiger partial charge is 0.387 e. The summed E-state index contributed by atoms with van der Waals surface area (Å²) in [6.45, 7) is -2.99. The number of phenols is 1. The first-order valence-electron chi connectivity index (χ1n) is 6.72. The van der Waals surface area contributed by atoms with E-state index in [4.69, 9.17) is 11.6 Å². The summed E-state index contributed by atoms with van der Waals surface area (Å²) in [6, 6.07) is 10.5. The van der Waals surface area contributed by atoms with Gasteiger partial charge in [-0.1, -0.05) is 17.7 Å². The third kappa shape index (κ3) is 3.27. The molecule has 3 aromatic rings. The van der Waals surface area contributed by atoms with Crippen LogP contribution in [0.1, 0.15) is 9.67 Å². The Kier molecular flexibility index (Phi) is 4.55. The third-order valence-electron chi connectivity index (χ3n) is 3.17. The second-order valence-corrected chi connectivity index (χ2v) is 6.18. The minimum atomic E-state index is -2.99. The van der Waals surface area contributed by atoms with Gasteiger partial charge in [-0.05, 0) is 36.4 Å². The van der Waals surface area contributed by atoms with Crippen LogP contribution in [0.15, 0.2) is 42.5 Å². The number of rotatable bonds is 4. The Balaban J connectivity index is 1.96. The number of ether oxygens (including phenoxy) is 1. The summed E-state index contributed by atoms with van der Waals surface area (Å²) in [5.74, 6) is -0.482. The average molecular weight is 370 g/mol. The van der Waals surface area contributed by atoms with Gasteiger partial charge >= 0.3 is 6.61 Å². The Morgan fingerprint density at radius 1 is 1.21 bits per heavy atom. The van der Waals surface area contributed by atoms with Crippen LogP contribution in [0.5, 0.6) is 11.5 Å². The molecular weight excluding hydrogens is 360 g/mol. The van der Waals surface area contributed by atoms with E-state index in [0.717, 1.165) is 11.3 Å². The van der Waals surface area contributed by atoms with Crippen molar-refractivity contribution >= 4 is 44.6 Å². The largest absolute Gasteiger partial charge is 0.508 e. The van der Waals surface area contributed by atoms with Crippen LogP contribution in [-0.2, 0) is 0 Å². The van der Waals surface area contributed by atoms with E-state index in [1.807, 2.05) is 0 Å². The van der Waals surface area contributed by atoms with Crippen LogP contribution in [0.25, 0.3) is 10.1 Å². The Bertz CT molecular complexity index is 896. The van der Waals surface area contributed by atoms with E-state index in [0.29, 0.717) is 10.4 Å². The molecule has 124 valence electrons. The van der Waals surface area contributed by atoms with Crippen molar-refractivity contribution in [3.63, 3.8) is 0 Å². The zero-order valence-corrected chi connectivity index (χ0v) is 13.5. The number of amides is 1. The van der Waals surface area contributed by atoms with Crippen molar-refractivity contribution in [2.45, 2.75) is 6.61 Å². The predicted molar refractivity (Wildman–Crippen MR) is 89.5 cm³/mol. The molecule has 2 N–H and O–H groups in total. The zero-order chi connectivity index (χ0) is 17.3. The topological polar surface area (TPSA) is 58.6 Å². The quantitative estimate of drug-likeness (QED) is 0.628. The van der Waals surface area contributed by atoms with E-state index in [9.17, 15) is 18.7 Å². The number of anilines is 1. The summed E-state index contributed by atoms with van der Waals surface area (Å²) in [6.07, 6.45) is 0. The van der Waals surface area contributed by atoms with Crippen molar-refractivity contribution in [1.82, 2.24) is 0 Å². The molecule has 3 rings (SSSR count). The summed E-state index contributed by atoms with van der Waals surface area (Å²) in [5, 5.41) is 12.2. The third-order valence-corrected chi connectivity index (χ3v) is 4.81. The summed E-state index contributed by atoms with van der Waals surface area (Å²) >= 11 is 7.29. The van der Waals surface area contributed by atoms with E-state index < -0.39 is 12.5 Å². The van der Waals surface area contributed by atoms with E-state index in [2.05, 4.69) is 10.1 Å². The number of thiophene rings is 1. The molecule has 0 spiro atoms. The van der Waals surface area contributed by atoms with Crippen LogP contribution in [-0.4, -0.2) is 17.6 Å². The molecule has 0 fully saturated rings. The first-order chi connectivity index (χ1) is 11.5. The molecule has 1 aromatic heterocycles. The first-order valence-corrected chi connectivity index (χ1v) is 7.91. The SMILES string of the molecule is O=C(Nc1ccc(O)cc1)c1sc2cccc(OC(F)F)c2c1Cl. The second kappa shape index (κ2) is 6.62. The lowest BCUT2D eigenvalue weighted by Crippen LogP contribution is -2.10. The Morgan fingerprint density at radius 3 is 2.58 bits per heavy atom. The highest BCUT2D eigenvalue weighted by Crippen LogP contribution is 2.41. The number of hydrogen-bond donors (Lipinski definition) is 2. The van der Waals surface area contributed by atoms with Gasteiger partial charge in [0, 0.05) is 10.4 Å². The van der Waals surface area contributed by atoms with Crippen molar-refractivity contribution < 1.29 is 23.4 Å². The Hall–Kier alpha value is -2.38. The summed E-state index contributed by atoms with van der Waals surface area (Å²) in [7, 11) is 0. The normalized spacial score (nSPS) is 11.0. The second-order valence-electron chi connectivity index (χ2n) is 4.75. The highest BCUT2D eigenvalue weighted by Gasteiger charge is 2.21. The van der Waals surface area contributed by atoms with Crippen LogP contribution < -0.4 is 10.1 Å². The average Bonchev–Trinajstić information content (AvgIpc) is 2.87. The molecule has 0 bridgehead atoms. The van der Waals surface area contributed by atoms with Gasteiger partial charge in [0.15, 0.2) is 0 Å². The van der Waals surface area contributed by atoms with Gasteiger partial charge in [0.05, 0.1) is 10.4 Å². The monoisotopic (exact) mass is 369 g/mol. The van der Waals surface area contributed by atoms with E-state index in [-0.39, 0.29) is 26.8 Å². The molecule has 4 nitrogen and oxygen atoms in total. The fraction of sp³-hybridized carbons (Fsp3) is 0.0625. The van der Waals surface area contributed by atoms with Gasteiger partial charge in [0.25, 0.3) is 5.91 Å². The van der Waals surface area contributed by atoms with Crippen LogP contribution >= 0.6 is 22.9 Å². The molecule has 0 saturated heterocycles. The molecule has 0 unspecified atom stereocenters. The minimum Gasteiger partial charge on any atom is -0.508 e.